The van der Waals surface area contributed by atoms with Crippen molar-refractivity contribution < 1.29 is 0 Å². The molecule has 0 nitrogen and oxygen atoms in total. The summed E-state index contributed by atoms with van der Waals surface area (Å²) in [5, 5.41) is 0. The minimum atomic E-state index is 0.835. The van der Waals surface area contributed by atoms with Gasteiger partial charge in [0.05, 0.1) is 0 Å². The van der Waals surface area contributed by atoms with Crippen molar-refractivity contribution in [3.63, 3.8) is 0 Å². The first kappa shape index (κ1) is 11.8. The minimum absolute atomic E-state index is 0.835. The van der Waals surface area contributed by atoms with Crippen molar-refractivity contribution >= 4 is 0 Å². The van der Waals surface area contributed by atoms with E-state index < -0.39 is 0 Å². The normalized spacial score (nSPS) is 27.5. The van der Waals surface area contributed by atoms with Crippen LogP contribution in [-0.4, -0.2) is 0 Å². The standard InChI is InChI=1S/C14H26/c1-3-5-6-7-8-14-11-9-13(4-2)10-12-14/h4,13-14H,2-3,5-12H2,1H3. The molecular formula is C14H26. The Bertz CT molecular complexity index is 140. The second kappa shape index (κ2) is 7.09. The van der Waals surface area contributed by atoms with Gasteiger partial charge < -0.3 is 0 Å². The Morgan fingerprint density at radius 2 is 1.79 bits per heavy atom. The van der Waals surface area contributed by atoms with E-state index in [0.717, 1.165) is 11.8 Å². The summed E-state index contributed by atoms with van der Waals surface area (Å²) in [6, 6.07) is 0. The first-order valence-corrected chi connectivity index (χ1v) is 6.49. The van der Waals surface area contributed by atoms with Crippen molar-refractivity contribution in [3.8, 4) is 0 Å². The van der Waals surface area contributed by atoms with Crippen LogP contribution in [-0.2, 0) is 0 Å². The maximum absolute atomic E-state index is 3.90. The Labute approximate surface area is 89.8 Å². The van der Waals surface area contributed by atoms with Crippen LogP contribution >= 0.6 is 0 Å². The zero-order chi connectivity index (χ0) is 10.2. The van der Waals surface area contributed by atoms with Crippen molar-refractivity contribution in [2.75, 3.05) is 0 Å². The molecule has 0 N–H and O–H groups in total. The van der Waals surface area contributed by atoms with Gasteiger partial charge in [-0.3, -0.25) is 0 Å². The summed E-state index contributed by atoms with van der Waals surface area (Å²) in [6.07, 6.45) is 15.1. The van der Waals surface area contributed by atoms with Crippen LogP contribution < -0.4 is 0 Å². The smallest absolute Gasteiger partial charge is 0.0236 e. The molecule has 0 heteroatoms. The summed E-state index contributed by atoms with van der Waals surface area (Å²) >= 11 is 0. The molecule has 0 unspecified atom stereocenters. The molecule has 0 saturated heterocycles. The Morgan fingerprint density at radius 3 is 2.36 bits per heavy atom. The van der Waals surface area contributed by atoms with E-state index in [4.69, 9.17) is 0 Å². The number of hydrogen-bond acceptors (Lipinski definition) is 0. The first-order valence-electron chi connectivity index (χ1n) is 6.49. The molecule has 1 aliphatic carbocycles. The van der Waals surface area contributed by atoms with E-state index in [-0.39, 0.29) is 0 Å². The van der Waals surface area contributed by atoms with Gasteiger partial charge >= 0.3 is 0 Å². The van der Waals surface area contributed by atoms with Gasteiger partial charge in [0.1, 0.15) is 0 Å². The van der Waals surface area contributed by atoms with Crippen LogP contribution in [0.5, 0.6) is 0 Å². The quantitative estimate of drug-likeness (QED) is 0.414. The molecule has 0 amide bonds. The number of unbranched alkanes of at least 4 members (excludes halogenated alkanes) is 3. The lowest BCUT2D eigenvalue weighted by Gasteiger charge is -2.26. The monoisotopic (exact) mass is 194 g/mol. The number of hydrogen-bond donors (Lipinski definition) is 0. The fourth-order valence-corrected chi connectivity index (χ4v) is 2.57. The molecule has 1 saturated carbocycles. The van der Waals surface area contributed by atoms with Gasteiger partial charge in [-0.15, -0.1) is 6.58 Å². The van der Waals surface area contributed by atoms with Gasteiger partial charge in [0.15, 0.2) is 0 Å². The van der Waals surface area contributed by atoms with E-state index in [1.807, 2.05) is 0 Å². The van der Waals surface area contributed by atoms with Crippen LogP contribution in [0.15, 0.2) is 12.7 Å². The van der Waals surface area contributed by atoms with Gasteiger partial charge in [-0.05, 0) is 37.5 Å². The lowest BCUT2D eigenvalue weighted by atomic mass is 9.80. The SMILES string of the molecule is C=CC1CCC(CCCCCC)CC1. The number of rotatable bonds is 6. The van der Waals surface area contributed by atoms with Gasteiger partial charge in [-0.2, -0.15) is 0 Å². The van der Waals surface area contributed by atoms with Gasteiger partial charge in [0, 0.05) is 0 Å². The summed E-state index contributed by atoms with van der Waals surface area (Å²) in [5.41, 5.74) is 0. The van der Waals surface area contributed by atoms with Crippen LogP contribution in [0.2, 0.25) is 0 Å². The highest BCUT2D eigenvalue weighted by Gasteiger charge is 2.18. The summed E-state index contributed by atoms with van der Waals surface area (Å²) < 4.78 is 0. The fraction of sp³-hybridized carbons (Fsp3) is 0.857. The lowest BCUT2D eigenvalue weighted by Crippen LogP contribution is -2.12. The molecule has 0 radical (unpaired) electrons. The zero-order valence-corrected chi connectivity index (χ0v) is 9.80. The van der Waals surface area contributed by atoms with Crippen LogP contribution in [0.3, 0.4) is 0 Å². The predicted molar refractivity (Wildman–Crippen MR) is 64.4 cm³/mol. The van der Waals surface area contributed by atoms with E-state index in [2.05, 4.69) is 19.6 Å². The number of allylic oxidation sites excluding steroid dienone is 1. The summed E-state index contributed by atoms with van der Waals surface area (Å²) in [5.74, 6) is 1.88. The third-order valence-electron chi connectivity index (χ3n) is 3.69. The second-order valence-electron chi connectivity index (χ2n) is 4.87. The van der Waals surface area contributed by atoms with Gasteiger partial charge in [0.2, 0.25) is 0 Å². The largest absolute Gasteiger partial charge is 0.103 e. The summed E-state index contributed by atoms with van der Waals surface area (Å²) in [4.78, 5) is 0. The van der Waals surface area contributed by atoms with Crippen molar-refractivity contribution in [2.24, 2.45) is 11.8 Å². The van der Waals surface area contributed by atoms with Crippen molar-refractivity contribution in [3.05, 3.63) is 12.7 Å². The molecule has 1 aliphatic rings. The molecule has 14 heavy (non-hydrogen) atoms. The summed E-state index contributed by atoms with van der Waals surface area (Å²) in [7, 11) is 0. The van der Waals surface area contributed by atoms with Gasteiger partial charge in [-0.25, -0.2) is 0 Å². The third kappa shape index (κ3) is 4.30. The van der Waals surface area contributed by atoms with Gasteiger partial charge in [0.25, 0.3) is 0 Å². The Hall–Kier alpha value is -0.260. The van der Waals surface area contributed by atoms with E-state index in [1.165, 1.54) is 57.8 Å². The van der Waals surface area contributed by atoms with E-state index in [0.29, 0.717) is 0 Å². The average molecular weight is 194 g/mol. The highest BCUT2D eigenvalue weighted by atomic mass is 14.2. The van der Waals surface area contributed by atoms with E-state index in [9.17, 15) is 0 Å². The van der Waals surface area contributed by atoms with Crippen molar-refractivity contribution in [1.29, 1.82) is 0 Å². The maximum atomic E-state index is 3.90. The van der Waals surface area contributed by atoms with E-state index in [1.54, 1.807) is 0 Å². The average Bonchev–Trinajstić information content (AvgIpc) is 2.25. The molecule has 82 valence electrons. The topological polar surface area (TPSA) is 0 Å². The molecule has 0 aromatic heterocycles. The molecule has 0 bridgehead atoms. The van der Waals surface area contributed by atoms with E-state index >= 15 is 0 Å². The van der Waals surface area contributed by atoms with Crippen LogP contribution in [0.4, 0.5) is 0 Å². The van der Waals surface area contributed by atoms with Gasteiger partial charge in [-0.1, -0.05) is 45.1 Å². The minimum Gasteiger partial charge on any atom is -0.103 e. The molecule has 0 aliphatic heterocycles. The molecule has 1 fully saturated rings. The Kier molecular flexibility index (Phi) is 5.98. The third-order valence-corrected chi connectivity index (χ3v) is 3.69. The molecular weight excluding hydrogens is 168 g/mol. The Balaban J connectivity index is 2.01. The molecule has 0 aromatic rings. The molecule has 0 heterocycles. The highest BCUT2D eigenvalue weighted by Crippen LogP contribution is 2.32. The highest BCUT2D eigenvalue weighted by molar-refractivity contribution is 4.83. The summed E-state index contributed by atoms with van der Waals surface area (Å²) in [6.45, 7) is 6.18. The lowest BCUT2D eigenvalue weighted by molar-refractivity contribution is 0.289. The fourth-order valence-electron chi connectivity index (χ4n) is 2.57. The van der Waals surface area contributed by atoms with Crippen LogP contribution in [0.1, 0.15) is 64.7 Å². The van der Waals surface area contributed by atoms with Crippen LogP contribution in [0.25, 0.3) is 0 Å². The van der Waals surface area contributed by atoms with Crippen LogP contribution in [0, 0.1) is 11.8 Å². The second-order valence-corrected chi connectivity index (χ2v) is 4.87. The molecule has 0 aromatic carbocycles. The molecule has 0 atom stereocenters. The Morgan fingerprint density at radius 1 is 1.07 bits per heavy atom. The maximum Gasteiger partial charge on any atom is -0.0236 e. The van der Waals surface area contributed by atoms with Crippen molar-refractivity contribution in [2.45, 2.75) is 64.7 Å². The molecule has 0 spiro atoms. The molecule has 1 rings (SSSR count). The first-order chi connectivity index (χ1) is 6.86. The van der Waals surface area contributed by atoms with Crippen molar-refractivity contribution in [1.82, 2.24) is 0 Å². The predicted octanol–water partition coefficient (Wildman–Crippen LogP) is 4.95. The zero-order valence-electron chi connectivity index (χ0n) is 9.80.